The summed E-state index contributed by atoms with van der Waals surface area (Å²) >= 11 is 12.3. The van der Waals surface area contributed by atoms with Crippen molar-refractivity contribution < 1.29 is 18.0 Å². The molecule has 5 nitrogen and oxygen atoms in total. The lowest BCUT2D eigenvalue weighted by Crippen LogP contribution is -2.30. The van der Waals surface area contributed by atoms with E-state index in [1.54, 1.807) is 6.92 Å². The van der Waals surface area contributed by atoms with Gasteiger partial charge in [-0.3, -0.25) is 24.3 Å². The number of hydrogen-bond donors (Lipinski definition) is 1. The minimum absolute atomic E-state index is 0.00581. The van der Waals surface area contributed by atoms with E-state index in [-0.39, 0.29) is 33.3 Å². The van der Waals surface area contributed by atoms with Crippen LogP contribution in [-0.4, -0.2) is 40.2 Å². The van der Waals surface area contributed by atoms with Gasteiger partial charge in [-0.25, -0.2) is 0 Å². The maximum atomic E-state index is 12.7. The first-order valence-corrected chi connectivity index (χ1v) is 8.20. The highest BCUT2D eigenvalue weighted by molar-refractivity contribution is 6.38. The molecular weight excluding hydrogens is 394 g/mol. The van der Waals surface area contributed by atoms with Gasteiger partial charge >= 0.3 is 6.18 Å². The second kappa shape index (κ2) is 7.46. The van der Waals surface area contributed by atoms with Crippen LogP contribution in [0, 0.1) is 6.92 Å². The number of nitrogens with one attached hydrogen (secondary N) is 1. The number of aryl methyl sites for hydroxylation is 2. The quantitative estimate of drug-likeness (QED) is 0.768. The van der Waals surface area contributed by atoms with Gasteiger partial charge in [-0.05, 0) is 26.1 Å². The van der Waals surface area contributed by atoms with Gasteiger partial charge in [0.25, 0.3) is 5.56 Å². The van der Waals surface area contributed by atoms with E-state index < -0.39 is 24.1 Å². The Morgan fingerprint density at radius 2 is 1.92 bits per heavy atom. The molecule has 0 aliphatic heterocycles. The predicted octanol–water partition coefficient (Wildman–Crippen LogP) is 3.55. The van der Waals surface area contributed by atoms with Crippen LogP contribution in [0.5, 0.6) is 0 Å². The molecule has 0 saturated heterocycles. The maximum absolute atomic E-state index is 12.7. The van der Waals surface area contributed by atoms with E-state index >= 15 is 0 Å². The molecular formula is C16H16Cl2F3N3O2. The summed E-state index contributed by atoms with van der Waals surface area (Å²) in [6, 6.07) is 2.73. The molecule has 0 aliphatic rings. The zero-order chi connectivity index (χ0) is 19.8. The molecule has 2 rings (SSSR count). The van der Waals surface area contributed by atoms with Crippen LogP contribution in [0.1, 0.15) is 27.2 Å². The SMILES string of the molecule is Cc1[nH]n(C)c(=O)c1C(=O)c1ccc(Cl)c(CN(C)CC(F)(F)F)c1Cl. The molecule has 0 unspecified atom stereocenters. The van der Waals surface area contributed by atoms with E-state index in [0.717, 1.165) is 9.58 Å². The number of carbonyl (C=O) groups is 1. The highest BCUT2D eigenvalue weighted by Gasteiger charge is 2.30. The average molecular weight is 410 g/mol. The lowest BCUT2D eigenvalue weighted by atomic mass is 10.0. The molecule has 26 heavy (non-hydrogen) atoms. The number of aromatic nitrogens is 2. The summed E-state index contributed by atoms with van der Waals surface area (Å²) in [4.78, 5) is 25.8. The number of alkyl halides is 3. The third-order valence-corrected chi connectivity index (χ3v) is 4.55. The molecule has 0 atom stereocenters. The van der Waals surface area contributed by atoms with E-state index in [9.17, 15) is 22.8 Å². The van der Waals surface area contributed by atoms with Gasteiger partial charge < -0.3 is 0 Å². The molecule has 1 N–H and O–H groups in total. The second-order valence-electron chi connectivity index (χ2n) is 5.98. The van der Waals surface area contributed by atoms with E-state index in [0.29, 0.717) is 5.69 Å². The van der Waals surface area contributed by atoms with Crippen LogP contribution in [0.4, 0.5) is 13.2 Å². The van der Waals surface area contributed by atoms with Gasteiger partial charge in [0.2, 0.25) is 5.78 Å². The van der Waals surface area contributed by atoms with Gasteiger partial charge in [-0.15, -0.1) is 0 Å². The molecule has 0 amide bonds. The number of H-pyrrole nitrogens is 1. The van der Waals surface area contributed by atoms with Crippen molar-refractivity contribution in [2.45, 2.75) is 19.6 Å². The largest absolute Gasteiger partial charge is 0.401 e. The highest BCUT2D eigenvalue weighted by Crippen LogP contribution is 2.31. The Bertz CT molecular complexity index is 903. The number of ketones is 1. The van der Waals surface area contributed by atoms with Crippen molar-refractivity contribution in [3.63, 3.8) is 0 Å². The summed E-state index contributed by atoms with van der Waals surface area (Å²) in [6.07, 6.45) is -4.38. The van der Waals surface area contributed by atoms with E-state index in [4.69, 9.17) is 23.2 Å². The highest BCUT2D eigenvalue weighted by atomic mass is 35.5. The van der Waals surface area contributed by atoms with Crippen LogP contribution in [0.15, 0.2) is 16.9 Å². The van der Waals surface area contributed by atoms with Crippen molar-refractivity contribution in [1.82, 2.24) is 14.7 Å². The monoisotopic (exact) mass is 409 g/mol. The summed E-state index contributed by atoms with van der Waals surface area (Å²) in [5, 5.41) is 2.78. The van der Waals surface area contributed by atoms with Crippen LogP contribution in [0.3, 0.4) is 0 Å². The van der Waals surface area contributed by atoms with Crippen LogP contribution in [0.2, 0.25) is 10.0 Å². The van der Waals surface area contributed by atoms with Crippen LogP contribution >= 0.6 is 23.2 Å². The number of nitrogens with zero attached hydrogens (tertiary/aromatic N) is 2. The van der Waals surface area contributed by atoms with Crippen LogP contribution in [0.25, 0.3) is 0 Å². The Kier molecular flexibility index (Phi) is 5.89. The molecule has 0 aliphatic carbocycles. The fraction of sp³-hybridized carbons (Fsp3) is 0.375. The van der Waals surface area contributed by atoms with E-state index in [1.165, 1.54) is 26.2 Å². The summed E-state index contributed by atoms with van der Waals surface area (Å²) in [5.41, 5.74) is -0.0351. The van der Waals surface area contributed by atoms with Crippen molar-refractivity contribution in [3.8, 4) is 0 Å². The molecule has 0 fully saturated rings. The van der Waals surface area contributed by atoms with Crippen molar-refractivity contribution in [2.24, 2.45) is 7.05 Å². The summed E-state index contributed by atoms with van der Waals surface area (Å²) in [7, 11) is 2.73. The summed E-state index contributed by atoms with van der Waals surface area (Å²) < 4.78 is 38.7. The maximum Gasteiger partial charge on any atom is 0.401 e. The number of hydrogen-bond acceptors (Lipinski definition) is 3. The molecule has 0 spiro atoms. The first-order chi connectivity index (χ1) is 11.9. The van der Waals surface area contributed by atoms with E-state index in [1.807, 2.05) is 0 Å². The van der Waals surface area contributed by atoms with Gasteiger partial charge in [0.1, 0.15) is 5.56 Å². The number of halogens is 5. The molecule has 0 saturated carbocycles. The van der Waals surface area contributed by atoms with Crippen LogP contribution < -0.4 is 5.56 Å². The second-order valence-corrected chi connectivity index (χ2v) is 6.77. The van der Waals surface area contributed by atoms with Crippen LogP contribution in [-0.2, 0) is 13.6 Å². The predicted molar refractivity (Wildman–Crippen MR) is 93.1 cm³/mol. The first kappa shape index (κ1) is 20.5. The average Bonchev–Trinajstić information content (AvgIpc) is 2.74. The molecule has 2 aromatic rings. The van der Waals surface area contributed by atoms with Gasteiger partial charge in [0, 0.05) is 35.4 Å². The third kappa shape index (κ3) is 4.31. The Labute approximate surface area is 157 Å². The molecule has 0 bridgehead atoms. The fourth-order valence-electron chi connectivity index (χ4n) is 2.64. The minimum Gasteiger partial charge on any atom is -0.299 e. The molecule has 142 valence electrons. The van der Waals surface area contributed by atoms with Crippen molar-refractivity contribution in [2.75, 3.05) is 13.6 Å². The zero-order valence-corrected chi connectivity index (χ0v) is 15.7. The van der Waals surface area contributed by atoms with Gasteiger partial charge in [0.15, 0.2) is 0 Å². The Morgan fingerprint density at radius 3 is 2.42 bits per heavy atom. The van der Waals surface area contributed by atoms with Crippen molar-refractivity contribution >= 4 is 29.0 Å². The lowest BCUT2D eigenvalue weighted by Gasteiger charge is -2.20. The van der Waals surface area contributed by atoms with E-state index in [2.05, 4.69) is 5.10 Å². The molecule has 1 heterocycles. The molecule has 0 radical (unpaired) electrons. The van der Waals surface area contributed by atoms with Crippen molar-refractivity contribution in [3.05, 3.63) is 54.9 Å². The normalized spacial score (nSPS) is 12.0. The summed E-state index contributed by atoms with van der Waals surface area (Å²) in [5.74, 6) is -0.620. The number of rotatable bonds is 5. The lowest BCUT2D eigenvalue weighted by molar-refractivity contribution is -0.144. The molecule has 1 aromatic carbocycles. The Balaban J connectivity index is 2.43. The number of aromatic amines is 1. The van der Waals surface area contributed by atoms with Crippen molar-refractivity contribution in [1.29, 1.82) is 0 Å². The zero-order valence-electron chi connectivity index (χ0n) is 14.2. The number of benzene rings is 1. The summed E-state index contributed by atoms with van der Waals surface area (Å²) in [6.45, 7) is 0.203. The fourth-order valence-corrected chi connectivity index (χ4v) is 3.21. The topological polar surface area (TPSA) is 58.1 Å². The number of carbonyl (C=O) groups excluding carboxylic acids is 1. The Morgan fingerprint density at radius 1 is 1.31 bits per heavy atom. The standard InChI is InChI=1S/C16H16Cl2F3N3O2/c1-8-12(15(26)24(3)22-8)14(25)9-4-5-11(17)10(13(9)18)6-23(2)7-16(19,20)21/h4-5,22H,6-7H2,1-3H3. The van der Waals surface area contributed by atoms with Gasteiger partial charge in [-0.2, -0.15) is 13.2 Å². The third-order valence-electron chi connectivity index (χ3n) is 3.76. The smallest absolute Gasteiger partial charge is 0.299 e. The van der Waals surface area contributed by atoms with Gasteiger partial charge in [0.05, 0.1) is 11.6 Å². The molecule has 1 aromatic heterocycles. The van der Waals surface area contributed by atoms with Gasteiger partial charge in [-0.1, -0.05) is 23.2 Å². The molecule has 10 heteroatoms. The first-order valence-electron chi connectivity index (χ1n) is 7.45. The Hall–Kier alpha value is -1.77. The minimum atomic E-state index is -4.38.